The molecule has 0 atom stereocenters. The van der Waals surface area contributed by atoms with Crippen molar-refractivity contribution in [3.63, 3.8) is 0 Å². The van der Waals surface area contributed by atoms with Gasteiger partial charge in [0.2, 0.25) is 9.05 Å². The molecular formula is C15H18ClNO3S. The summed E-state index contributed by atoms with van der Waals surface area (Å²) in [5, 5.41) is 8.93. The molecule has 0 bridgehead atoms. The molecule has 0 heterocycles. The van der Waals surface area contributed by atoms with Crippen LogP contribution in [0.15, 0.2) is 18.2 Å². The van der Waals surface area contributed by atoms with E-state index in [4.69, 9.17) is 20.7 Å². The van der Waals surface area contributed by atoms with Crippen LogP contribution in [0, 0.1) is 23.7 Å². The summed E-state index contributed by atoms with van der Waals surface area (Å²) in [5.41, 5.74) is 1.05. The first-order valence-electron chi connectivity index (χ1n) is 6.89. The molecular weight excluding hydrogens is 310 g/mol. The van der Waals surface area contributed by atoms with Gasteiger partial charge in [0.05, 0.1) is 24.0 Å². The molecule has 0 N–H and O–H groups in total. The van der Waals surface area contributed by atoms with Crippen LogP contribution in [0.3, 0.4) is 0 Å². The van der Waals surface area contributed by atoms with Crippen LogP contribution in [0.4, 0.5) is 0 Å². The van der Waals surface area contributed by atoms with Crippen LogP contribution in [-0.2, 0) is 9.05 Å². The van der Waals surface area contributed by atoms with Crippen molar-refractivity contribution < 1.29 is 13.2 Å². The summed E-state index contributed by atoms with van der Waals surface area (Å²) < 4.78 is 28.7. The first kappa shape index (κ1) is 16.1. The number of ether oxygens (including phenoxy) is 1. The van der Waals surface area contributed by atoms with Crippen LogP contribution in [0.2, 0.25) is 0 Å². The van der Waals surface area contributed by atoms with Gasteiger partial charge in [-0.3, -0.25) is 0 Å². The SMILES string of the molecule is Cc1ccc(C#N)cc1OCC1(CS(=O)(=O)Cl)CCCC1. The van der Waals surface area contributed by atoms with E-state index >= 15 is 0 Å². The van der Waals surface area contributed by atoms with Crippen LogP contribution in [0.5, 0.6) is 5.75 Å². The van der Waals surface area contributed by atoms with Gasteiger partial charge in [-0.15, -0.1) is 0 Å². The highest BCUT2D eigenvalue weighted by molar-refractivity contribution is 8.13. The van der Waals surface area contributed by atoms with E-state index in [0.717, 1.165) is 31.2 Å². The van der Waals surface area contributed by atoms with E-state index in [1.165, 1.54) is 0 Å². The lowest BCUT2D eigenvalue weighted by molar-refractivity contribution is 0.170. The maximum absolute atomic E-state index is 11.4. The lowest BCUT2D eigenvalue weighted by atomic mass is 9.90. The molecule has 114 valence electrons. The van der Waals surface area contributed by atoms with E-state index in [1.807, 2.05) is 13.0 Å². The molecule has 0 aliphatic heterocycles. The fraction of sp³-hybridized carbons (Fsp3) is 0.533. The molecule has 1 aliphatic carbocycles. The summed E-state index contributed by atoms with van der Waals surface area (Å²) >= 11 is 0. The molecule has 1 fully saturated rings. The third kappa shape index (κ3) is 4.36. The van der Waals surface area contributed by atoms with Gasteiger partial charge in [-0.1, -0.05) is 18.9 Å². The van der Waals surface area contributed by atoms with E-state index in [9.17, 15) is 8.42 Å². The number of nitrogens with zero attached hydrogens (tertiary/aromatic N) is 1. The van der Waals surface area contributed by atoms with Crippen molar-refractivity contribution in [2.45, 2.75) is 32.6 Å². The number of benzene rings is 1. The molecule has 1 saturated carbocycles. The molecule has 1 aliphatic rings. The Hall–Kier alpha value is -1.25. The van der Waals surface area contributed by atoms with Crippen LogP contribution in [0.1, 0.15) is 36.8 Å². The molecule has 6 heteroatoms. The Labute approximate surface area is 130 Å². The van der Waals surface area contributed by atoms with Crippen molar-refractivity contribution in [1.29, 1.82) is 5.26 Å². The van der Waals surface area contributed by atoms with Gasteiger partial charge >= 0.3 is 0 Å². The zero-order valence-corrected chi connectivity index (χ0v) is 13.5. The molecule has 0 radical (unpaired) electrons. The molecule has 2 rings (SSSR count). The van der Waals surface area contributed by atoms with Gasteiger partial charge in [0.15, 0.2) is 0 Å². The second-order valence-corrected chi connectivity index (χ2v) is 8.55. The van der Waals surface area contributed by atoms with Gasteiger partial charge in [-0.05, 0) is 37.5 Å². The first-order chi connectivity index (χ1) is 9.84. The third-order valence-electron chi connectivity index (χ3n) is 3.99. The fourth-order valence-electron chi connectivity index (χ4n) is 2.88. The molecule has 21 heavy (non-hydrogen) atoms. The van der Waals surface area contributed by atoms with Gasteiger partial charge in [0, 0.05) is 16.1 Å². The van der Waals surface area contributed by atoms with Crippen molar-refractivity contribution in [3.05, 3.63) is 29.3 Å². The van der Waals surface area contributed by atoms with E-state index in [-0.39, 0.29) is 5.75 Å². The summed E-state index contributed by atoms with van der Waals surface area (Å²) in [6.45, 7) is 2.21. The summed E-state index contributed by atoms with van der Waals surface area (Å²) in [6, 6.07) is 7.32. The second kappa shape index (κ2) is 6.25. The van der Waals surface area contributed by atoms with E-state index in [0.29, 0.717) is 17.9 Å². The second-order valence-electron chi connectivity index (χ2n) is 5.77. The van der Waals surface area contributed by atoms with Crippen molar-refractivity contribution in [3.8, 4) is 11.8 Å². The van der Waals surface area contributed by atoms with Gasteiger partial charge in [-0.2, -0.15) is 5.26 Å². The number of hydrogen-bond acceptors (Lipinski definition) is 4. The van der Waals surface area contributed by atoms with Gasteiger partial charge in [0.1, 0.15) is 5.75 Å². The third-order valence-corrected chi connectivity index (χ3v) is 5.28. The number of rotatable bonds is 5. The first-order valence-corrected chi connectivity index (χ1v) is 9.37. The largest absolute Gasteiger partial charge is 0.493 e. The summed E-state index contributed by atoms with van der Waals surface area (Å²) in [4.78, 5) is 0. The predicted molar refractivity (Wildman–Crippen MR) is 81.9 cm³/mol. The van der Waals surface area contributed by atoms with Gasteiger partial charge in [0.25, 0.3) is 0 Å². The standard InChI is InChI=1S/C15H18ClNO3S/c1-12-4-5-13(9-17)8-14(12)20-10-15(6-2-3-7-15)11-21(16,18)19/h4-5,8H,2-3,6-7,10-11H2,1H3. The Morgan fingerprint density at radius 2 is 2.05 bits per heavy atom. The average molecular weight is 328 g/mol. The Morgan fingerprint density at radius 1 is 1.38 bits per heavy atom. The van der Waals surface area contributed by atoms with Crippen molar-refractivity contribution >= 4 is 19.7 Å². The Kier molecular flexibility index (Phi) is 4.80. The zero-order valence-electron chi connectivity index (χ0n) is 11.9. The van der Waals surface area contributed by atoms with Crippen LogP contribution < -0.4 is 4.74 Å². The molecule has 1 aromatic rings. The van der Waals surface area contributed by atoms with Crippen LogP contribution >= 0.6 is 10.7 Å². The summed E-state index contributed by atoms with van der Waals surface area (Å²) in [5.74, 6) is 0.575. The summed E-state index contributed by atoms with van der Waals surface area (Å²) in [6.07, 6.45) is 3.59. The number of aryl methyl sites for hydroxylation is 1. The molecule has 0 saturated heterocycles. The highest BCUT2D eigenvalue weighted by Crippen LogP contribution is 2.40. The monoisotopic (exact) mass is 327 g/mol. The van der Waals surface area contributed by atoms with Crippen LogP contribution in [0.25, 0.3) is 0 Å². The van der Waals surface area contributed by atoms with Gasteiger partial charge in [-0.25, -0.2) is 8.42 Å². The molecule has 4 nitrogen and oxygen atoms in total. The molecule has 0 spiro atoms. The zero-order chi connectivity index (χ0) is 15.5. The van der Waals surface area contributed by atoms with Gasteiger partial charge < -0.3 is 4.74 Å². The maximum atomic E-state index is 11.4. The Bertz CT molecular complexity index is 658. The highest BCUT2D eigenvalue weighted by atomic mass is 35.7. The maximum Gasteiger partial charge on any atom is 0.233 e. The minimum Gasteiger partial charge on any atom is -0.493 e. The average Bonchev–Trinajstić information content (AvgIpc) is 2.84. The van der Waals surface area contributed by atoms with Crippen molar-refractivity contribution in [1.82, 2.24) is 0 Å². The topological polar surface area (TPSA) is 67.2 Å². The van der Waals surface area contributed by atoms with Crippen molar-refractivity contribution in [2.75, 3.05) is 12.4 Å². The molecule has 0 unspecified atom stereocenters. The van der Waals surface area contributed by atoms with E-state index in [1.54, 1.807) is 12.1 Å². The lowest BCUT2D eigenvalue weighted by Gasteiger charge is -2.27. The van der Waals surface area contributed by atoms with E-state index < -0.39 is 14.5 Å². The normalized spacial score (nSPS) is 17.4. The number of halogens is 1. The molecule has 0 amide bonds. The minimum absolute atomic E-state index is 0.0570. The minimum atomic E-state index is -3.55. The smallest absolute Gasteiger partial charge is 0.233 e. The van der Waals surface area contributed by atoms with E-state index in [2.05, 4.69) is 6.07 Å². The highest BCUT2D eigenvalue weighted by Gasteiger charge is 2.38. The number of hydrogen-bond donors (Lipinski definition) is 0. The quantitative estimate of drug-likeness (QED) is 0.777. The molecule has 0 aromatic heterocycles. The predicted octanol–water partition coefficient (Wildman–Crippen LogP) is 3.37. The summed E-state index contributed by atoms with van der Waals surface area (Å²) in [7, 11) is 1.88. The fourth-order valence-corrected chi connectivity index (χ4v) is 4.67. The molecule has 1 aromatic carbocycles. The van der Waals surface area contributed by atoms with Crippen molar-refractivity contribution in [2.24, 2.45) is 5.41 Å². The Balaban J connectivity index is 2.15. The number of nitriles is 1. The Morgan fingerprint density at radius 3 is 2.62 bits per heavy atom. The lowest BCUT2D eigenvalue weighted by Crippen LogP contribution is -2.32. The van der Waals surface area contributed by atoms with Crippen LogP contribution in [-0.4, -0.2) is 20.8 Å².